The summed E-state index contributed by atoms with van der Waals surface area (Å²) in [6.07, 6.45) is 6.47. The number of thioether (sulfide) groups is 1. The first-order valence-electron chi connectivity index (χ1n) is 8.97. The molecule has 0 fully saturated rings. The lowest BCUT2D eigenvalue weighted by Crippen LogP contribution is -2.37. The summed E-state index contributed by atoms with van der Waals surface area (Å²) in [5.74, 6) is 2.89. The molecule has 0 spiro atoms. The molecule has 0 aliphatic carbocycles. The minimum absolute atomic E-state index is 0.545. The molecule has 7 heteroatoms. The average molecular weight is 376 g/mol. The predicted octanol–water partition coefficient (Wildman–Crippen LogP) is 3.08. The second kappa shape index (κ2) is 11.5. The quantitative estimate of drug-likeness (QED) is 0.380. The summed E-state index contributed by atoms with van der Waals surface area (Å²) in [5.41, 5.74) is 1.93. The molecule has 1 heterocycles. The summed E-state index contributed by atoms with van der Waals surface area (Å²) in [6, 6.07) is 9.83. The van der Waals surface area contributed by atoms with Gasteiger partial charge in [0.05, 0.1) is 25.0 Å². The van der Waals surface area contributed by atoms with E-state index in [2.05, 4.69) is 33.9 Å². The fourth-order valence-electron chi connectivity index (χ4n) is 2.40. The van der Waals surface area contributed by atoms with E-state index in [0.717, 1.165) is 42.6 Å². The number of aromatic nitrogens is 2. The van der Waals surface area contributed by atoms with Gasteiger partial charge >= 0.3 is 0 Å². The van der Waals surface area contributed by atoms with Crippen molar-refractivity contribution < 1.29 is 4.74 Å². The third-order valence-electron chi connectivity index (χ3n) is 3.79. The first kappa shape index (κ1) is 20.2. The largest absolute Gasteiger partial charge is 0.497 e. The van der Waals surface area contributed by atoms with E-state index in [0.29, 0.717) is 6.54 Å². The van der Waals surface area contributed by atoms with E-state index < -0.39 is 0 Å². The predicted molar refractivity (Wildman–Crippen MR) is 111 cm³/mol. The highest BCUT2D eigenvalue weighted by Gasteiger charge is 2.03. The highest BCUT2D eigenvalue weighted by atomic mass is 32.2. The van der Waals surface area contributed by atoms with Crippen molar-refractivity contribution in [3.63, 3.8) is 0 Å². The summed E-state index contributed by atoms with van der Waals surface area (Å²) in [4.78, 5) is 4.63. The zero-order valence-electron chi connectivity index (χ0n) is 15.9. The van der Waals surface area contributed by atoms with Gasteiger partial charge < -0.3 is 15.4 Å². The van der Waals surface area contributed by atoms with Crippen LogP contribution >= 0.6 is 11.8 Å². The molecule has 0 saturated heterocycles. The molecule has 2 rings (SSSR count). The van der Waals surface area contributed by atoms with Crippen molar-refractivity contribution in [1.82, 2.24) is 20.4 Å². The third kappa shape index (κ3) is 6.63. The molecular formula is C19H29N5OS. The number of methoxy groups -OCH3 is 1. The number of rotatable bonds is 10. The van der Waals surface area contributed by atoms with Crippen LogP contribution in [0.1, 0.15) is 25.5 Å². The molecule has 1 aromatic heterocycles. The van der Waals surface area contributed by atoms with Gasteiger partial charge in [-0.25, -0.2) is 9.67 Å². The standard InChI is InChI=1S/C19H29N5OS/c1-4-20-19(21-12-5-6-14-26-3)22-15-16-11-13-24(23-16)17-7-9-18(25-2)10-8-17/h7-11,13H,4-6,12,14-15H2,1-3H3,(H2,20,21,22). The normalized spacial score (nSPS) is 11.4. The monoisotopic (exact) mass is 375 g/mol. The van der Waals surface area contributed by atoms with E-state index in [9.17, 15) is 0 Å². The zero-order valence-corrected chi connectivity index (χ0v) is 16.7. The van der Waals surface area contributed by atoms with Crippen LogP contribution in [-0.4, -0.2) is 47.9 Å². The van der Waals surface area contributed by atoms with Crippen LogP contribution in [0.2, 0.25) is 0 Å². The first-order chi connectivity index (χ1) is 12.8. The van der Waals surface area contributed by atoms with E-state index in [-0.39, 0.29) is 0 Å². The maximum Gasteiger partial charge on any atom is 0.191 e. The Morgan fingerprint density at radius 2 is 2.00 bits per heavy atom. The van der Waals surface area contributed by atoms with E-state index >= 15 is 0 Å². The fourth-order valence-corrected chi connectivity index (χ4v) is 2.90. The van der Waals surface area contributed by atoms with Gasteiger partial charge in [0.15, 0.2) is 5.96 Å². The van der Waals surface area contributed by atoms with Crippen LogP contribution in [-0.2, 0) is 6.54 Å². The number of benzene rings is 1. The Morgan fingerprint density at radius 3 is 2.69 bits per heavy atom. The summed E-state index contributed by atoms with van der Waals surface area (Å²) in [6.45, 7) is 4.40. The molecule has 2 aromatic rings. The summed E-state index contributed by atoms with van der Waals surface area (Å²) in [7, 11) is 1.66. The number of unbranched alkanes of at least 4 members (excludes halogenated alkanes) is 1. The van der Waals surface area contributed by atoms with Gasteiger partial charge in [-0.05, 0) is 62.1 Å². The van der Waals surface area contributed by atoms with E-state index in [1.807, 2.05) is 53.0 Å². The van der Waals surface area contributed by atoms with E-state index in [4.69, 9.17) is 4.74 Å². The zero-order chi connectivity index (χ0) is 18.6. The lowest BCUT2D eigenvalue weighted by Gasteiger charge is -2.10. The third-order valence-corrected chi connectivity index (χ3v) is 4.49. The van der Waals surface area contributed by atoms with Gasteiger partial charge in [0, 0.05) is 19.3 Å². The number of hydrogen-bond donors (Lipinski definition) is 2. The lowest BCUT2D eigenvalue weighted by atomic mass is 10.3. The molecule has 2 N–H and O–H groups in total. The topological polar surface area (TPSA) is 63.5 Å². The molecule has 0 bridgehead atoms. The van der Waals surface area contributed by atoms with Gasteiger partial charge in [-0.1, -0.05) is 0 Å². The van der Waals surface area contributed by atoms with Crippen LogP contribution in [0.25, 0.3) is 5.69 Å². The van der Waals surface area contributed by atoms with Crippen molar-refractivity contribution in [2.24, 2.45) is 4.99 Å². The average Bonchev–Trinajstić information content (AvgIpc) is 3.15. The molecule has 142 valence electrons. The van der Waals surface area contributed by atoms with Gasteiger partial charge in [0.1, 0.15) is 5.75 Å². The molecule has 0 radical (unpaired) electrons. The van der Waals surface area contributed by atoms with Crippen LogP contribution < -0.4 is 15.4 Å². The number of nitrogens with zero attached hydrogens (tertiary/aromatic N) is 3. The molecular weight excluding hydrogens is 346 g/mol. The highest BCUT2D eigenvalue weighted by Crippen LogP contribution is 2.14. The maximum atomic E-state index is 5.19. The van der Waals surface area contributed by atoms with Crippen LogP contribution in [0.15, 0.2) is 41.5 Å². The molecule has 6 nitrogen and oxygen atoms in total. The second-order valence-electron chi connectivity index (χ2n) is 5.77. The number of guanidine groups is 1. The Bertz CT molecular complexity index is 669. The minimum Gasteiger partial charge on any atom is -0.497 e. The van der Waals surface area contributed by atoms with Gasteiger partial charge in [0.25, 0.3) is 0 Å². The van der Waals surface area contributed by atoms with E-state index in [1.165, 1.54) is 12.2 Å². The number of hydrogen-bond acceptors (Lipinski definition) is 4. The molecule has 0 aliphatic rings. The maximum absolute atomic E-state index is 5.19. The Balaban J connectivity index is 1.91. The smallest absolute Gasteiger partial charge is 0.191 e. The van der Waals surface area contributed by atoms with Crippen LogP contribution in [0.5, 0.6) is 5.75 Å². The highest BCUT2D eigenvalue weighted by molar-refractivity contribution is 7.98. The Morgan fingerprint density at radius 1 is 1.19 bits per heavy atom. The summed E-state index contributed by atoms with van der Waals surface area (Å²) >= 11 is 1.89. The molecule has 26 heavy (non-hydrogen) atoms. The van der Waals surface area contributed by atoms with Gasteiger partial charge in [-0.3, -0.25) is 0 Å². The molecule has 0 unspecified atom stereocenters. The minimum atomic E-state index is 0.545. The first-order valence-corrected chi connectivity index (χ1v) is 10.4. The number of aliphatic imine (C=N–C) groups is 1. The van der Waals surface area contributed by atoms with Gasteiger partial charge in [0.2, 0.25) is 0 Å². The van der Waals surface area contributed by atoms with Crippen molar-refractivity contribution in [2.45, 2.75) is 26.3 Å². The van der Waals surface area contributed by atoms with E-state index in [1.54, 1.807) is 7.11 Å². The van der Waals surface area contributed by atoms with Crippen LogP contribution in [0, 0.1) is 0 Å². The van der Waals surface area contributed by atoms with Crippen molar-refractivity contribution >= 4 is 17.7 Å². The SMILES string of the molecule is CCNC(=NCc1ccn(-c2ccc(OC)cc2)n1)NCCCCSC. The van der Waals surface area contributed by atoms with Crippen molar-refractivity contribution in [2.75, 3.05) is 32.2 Å². The molecule has 0 amide bonds. The summed E-state index contributed by atoms with van der Waals surface area (Å²) in [5, 5.41) is 11.3. The molecule has 1 aromatic carbocycles. The number of ether oxygens (including phenoxy) is 1. The van der Waals surface area contributed by atoms with Gasteiger partial charge in [-0.2, -0.15) is 16.9 Å². The molecule has 0 aliphatic heterocycles. The molecule has 0 atom stereocenters. The second-order valence-corrected chi connectivity index (χ2v) is 6.76. The molecule has 0 saturated carbocycles. The van der Waals surface area contributed by atoms with Crippen molar-refractivity contribution in [1.29, 1.82) is 0 Å². The van der Waals surface area contributed by atoms with Gasteiger partial charge in [-0.15, -0.1) is 0 Å². The van der Waals surface area contributed by atoms with Crippen molar-refractivity contribution in [3.05, 3.63) is 42.2 Å². The fraction of sp³-hybridized carbons (Fsp3) is 0.474. The number of nitrogens with one attached hydrogen (secondary N) is 2. The Hall–Kier alpha value is -2.15. The Kier molecular flexibility index (Phi) is 8.89. The van der Waals surface area contributed by atoms with Crippen LogP contribution in [0.4, 0.5) is 0 Å². The van der Waals surface area contributed by atoms with Crippen LogP contribution in [0.3, 0.4) is 0 Å². The summed E-state index contributed by atoms with van der Waals surface area (Å²) < 4.78 is 7.04. The van der Waals surface area contributed by atoms with Crippen molar-refractivity contribution in [3.8, 4) is 11.4 Å². The Labute approximate surface area is 160 Å². The lowest BCUT2D eigenvalue weighted by molar-refractivity contribution is 0.414.